The first kappa shape index (κ1) is 23.7. The molecule has 0 bridgehead atoms. The summed E-state index contributed by atoms with van der Waals surface area (Å²) in [6, 6.07) is 13.5. The number of anilines is 2. The number of piperazine rings is 1. The Morgan fingerprint density at radius 1 is 1.08 bits per heavy atom. The van der Waals surface area contributed by atoms with Crippen LogP contribution in [-0.4, -0.2) is 52.4 Å². The molecule has 1 aliphatic heterocycles. The van der Waals surface area contributed by atoms with Crippen molar-refractivity contribution >= 4 is 44.9 Å². The molecule has 0 unspecified atom stereocenters. The van der Waals surface area contributed by atoms with E-state index >= 15 is 0 Å². The summed E-state index contributed by atoms with van der Waals surface area (Å²) in [6.45, 7) is 6.19. The van der Waals surface area contributed by atoms with Crippen LogP contribution in [0.1, 0.15) is 20.8 Å². The van der Waals surface area contributed by atoms with Crippen molar-refractivity contribution in [3.05, 3.63) is 81.3 Å². The highest BCUT2D eigenvalue weighted by Crippen LogP contribution is 2.27. The van der Waals surface area contributed by atoms with Gasteiger partial charge in [-0.3, -0.25) is 23.9 Å². The average Bonchev–Trinajstić information content (AvgIpc) is 3.23. The molecule has 0 aliphatic carbocycles. The summed E-state index contributed by atoms with van der Waals surface area (Å²) in [4.78, 5) is 51.7. The molecule has 5 rings (SSSR count). The van der Waals surface area contributed by atoms with Gasteiger partial charge in [0.1, 0.15) is 24.5 Å². The normalized spacial score (nSPS) is 13.7. The van der Waals surface area contributed by atoms with Crippen LogP contribution in [-0.2, 0) is 11.3 Å². The summed E-state index contributed by atoms with van der Waals surface area (Å²) in [5, 5.41) is 3.28. The fourth-order valence-corrected chi connectivity index (χ4v) is 5.46. The number of aromatic amines is 1. The lowest BCUT2D eigenvalue weighted by molar-refractivity contribution is -0.364. The molecule has 2 N–H and O–H groups in total. The minimum absolute atomic E-state index is 0.0840. The van der Waals surface area contributed by atoms with Crippen LogP contribution < -0.4 is 20.8 Å². The third-order valence-corrected chi connectivity index (χ3v) is 7.57. The van der Waals surface area contributed by atoms with Crippen LogP contribution in [0.4, 0.5) is 11.5 Å². The number of nitrogens with one attached hydrogen (secondary N) is 2. The van der Waals surface area contributed by atoms with Gasteiger partial charge >= 0.3 is 0 Å². The van der Waals surface area contributed by atoms with Gasteiger partial charge < -0.3 is 10.2 Å². The van der Waals surface area contributed by atoms with E-state index in [1.807, 2.05) is 55.6 Å². The van der Waals surface area contributed by atoms with Gasteiger partial charge in [-0.25, -0.2) is 9.97 Å². The minimum atomic E-state index is -0.311. The maximum atomic E-state index is 13.3. The number of carbonyl (C=O) groups excluding carboxylic acids is 2. The number of H-pyrrole nitrogens is 1. The third kappa shape index (κ3) is 4.72. The Kier molecular flexibility index (Phi) is 6.51. The molecule has 36 heavy (non-hydrogen) atoms. The zero-order valence-corrected chi connectivity index (χ0v) is 21.0. The zero-order valence-electron chi connectivity index (χ0n) is 20.2. The van der Waals surface area contributed by atoms with Crippen molar-refractivity contribution < 1.29 is 14.6 Å². The topological polar surface area (TPSA) is 102 Å². The molecule has 9 nitrogen and oxygen atoms in total. The van der Waals surface area contributed by atoms with Crippen LogP contribution in [0.25, 0.3) is 10.2 Å². The number of pyridine rings is 1. The predicted octanol–water partition coefficient (Wildman–Crippen LogP) is 2.49. The molecule has 1 aliphatic rings. The molecule has 1 fully saturated rings. The van der Waals surface area contributed by atoms with Gasteiger partial charge in [0.25, 0.3) is 17.3 Å². The standard InChI is InChI=1S/C26H26N6O3S/c1-17-6-5-7-19(14-17)29-24(34)23-18(2)22-25(36-23)28-16-32(26(22)35)15-21(33)31-12-10-30(11-13-31)20-8-3-4-9-27-20/h3-9,14,16H,10-13,15H2,1-2H3,(H,29,34)/p+1. The van der Waals surface area contributed by atoms with Crippen LogP contribution in [0.5, 0.6) is 0 Å². The van der Waals surface area contributed by atoms with Gasteiger partial charge in [-0.1, -0.05) is 18.2 Å². The molecule has 0 atom stereocenters. The van der Waals surface area contributed by atoms with Crippen LogP contribution in [0.3, 0.4) is 0 Å². The second-order valence-corrected chi connectivity index (χ2v) is 9.85. The fraction of sp³-hybridized carbons (Fsp3) is 0.269. The number of rotatable bonds is 5. The Morgan fingerprint density at radius 2 is 1.89 bits per heavy atom. The van der Waals surface area contributed by atoms with Crippen LogP contribution in [0.15, 0.2) is 59.8 Å². The van der Waals surface area contributed by atoms with Gasteiger partial charge in [0.2, 0.25) is 5.91 Å². The molecule has 4 heterocycles. The number of aryl methyl sites for hydroxylation is 2. The number of carbonyl (C=O) groups is 2. The predicted molar refractivity (Wildman–Crippen MR) is 140 cm³/mol. The van der Waals surface area contributed by atoms with Gasteiger partial charge in [0.15, 0.2) is 0 Å². The summed E-state index contributed by atoms with van der Waals surface area (Å²) >= 11 is 1.18. The second kappa shape index (κ2) is 9.90. The lowest BCUT2D eigenvalue weighted by atomic mass is 10.2. The van der Waals surface area contributed by atoms with Crippen LogP contribution >= 0.6 is 11.3 Å². The number of hydrogen-bond donors (Lipinski definition) is 1. The summed E-state index contributed by atoms with van der Waals surface area (Å²) < 4.78 is 1.34. The van der Waals surface area contributed by atoms with E-state index in [4.69, 9.17) is 0 Å². The van der Waals surface area contributed by atoms with E-state index in [2.05, 4.69) is 20.2 Å². The summed E-state index contributed by atoms with van der Waals surface area (Å²) in [6.07, 6.45) is 3.28. The first-order valence-corrected chi connectivity index (χ1v) is 12.6. The van der Waals surface area contributed by atoms with Gasteiger partial charge in [-0.05, 0) is 43.2 Å². The van der Waals surface area contributed by atoms with Crippen molar-refractivity contribution in [3.63, 3.8) is 0 Å². The van der Waals surface area contributed by atoms with E-state index < -0.39 is 0 Å². The number of hydrogen-bond acceptors (Lipinski definition) is 6. The Morgan fingerprint density at radius 3 is 2.61 bits per heavy atom. The van der Waals surface area contributed by atoms with Crippen LogP contribution in [0.2, 0.25) is 0 Å². The van der Waals surface area contributed by atoms with E-state index in [0.29, 0.717) is 52.5 Å². The minimum Gasteiger partial charge on any atom is -0.333 e. The van der Waals surface area contributed by atoms with Crippen molar-refractivity contribution in [3.8, 4) is 0 Å². The number of fused-ring (bicyclic) bond motifs is 1. The summed E-state index contributed by atoms with van der Waals surface area (Å²) in [5.74, 6) is 0.613. The number of nitrogens with zero attached hydrogens (tertiary/aromatic N) is 4. The lowest BCUT2D eigenvalue weighted by Gasteiger charge is -2.31. The van der Waals surface area contributed by atoms with E-state index in [9.17, 15) is 14.4 Å². The average molecular weight is 504 g/mol. The number of thiophene rings is 1. The Labute approximate surface area is 212 Å². The van der Waals surface area contributed by atoms with Crippen LogP contribution in [0, 0.1) is 13.8 Å². The molecule has 2 amide bonds. The molecule has 0 radical (unpaired) electrons. The van der Waals surface area contributed by atoms with Crippen molar-refractivity contribution in [1.82, 2.24) is 14.5 Å². The van der Waals surface area contributed by atoms with Crippen molar-refractivity contribution in [2.45, 2.75) is 20.4 Å². The number of amides is 2. The SMILES string of the molecule is Cc1cccc(NC(=O)c2sc3ncn(CC(=O)N4CCN(c5cccc[nH+]5)CC4)c(=O)c3c2C)c1. The van der Waals surface area contributed by atoms with Gasteiger partial charge in [-0.2, -0.15) is 0 Å². The molecule has 0 saturated carbocycles. The number of benzene rings is 1. The quantitative estimate of drug-likeness (QED) is 0.451. The van der Waals surface area contributed by atoms with E-state index in [1.54, 1.807) is 11.8 Å². The smallest absolute Gasteiger partial charge is 0.274 e. The molecule has 184 valence electrons. The largest absolute Gasteiger partial charge is 0.333 e. The highest BCUT2D eigenvalue weighted by atomic mass is 32.1. The molecule has 0 spiro atoms. The highest BCUT2D eigenvalue weighted by Gasteiger charge is 2.27. The second-order valence-electron chi connectivity index (χ2n) is 8.85. The van der Waals surface area contributed by atoms with Crippen molar-refractivity contribution in [2.24, 2.45) is 0 Å². The monoisotopic (exact) mass is 503 g/mol. The Balaban J connectivity index is 1.30. The Hall–Kier alpha value is -4.05. The molecule has 1 aromatic carbocycles. The number of aromatic nitrogens is 3. The summed E-state index contributed by atoms with van der Waals surface area (Å²) in [5.41, 5.74) is 1.99. The van der Waals surface area contributed by atoms with Gasteiger partial charge in [0, 0.05) is 11.8 Å². The zero-order chi connectivity index (χ0) is 25.2. The van der Waals surface area contributed by atoms with Crippen molar-refractivity contribution in [2.75, 3.05) is 36.4 Å². The Bertz CT molecular complexity index is 1490. The fourth-order valence-electron chi connectivity index (χ4n) is 4.42. The molecule has 1 saturated heterocycles. The first-order chi connectivity index (χ1) is 17.4. The molecular weight excluding hydrogens is 476 g/mol. The maximum Gasteiger partial charge on any atom is 0.274 e. The highest BCUT2D eigenvalue weighted by molar-refractivity contribution is 7.20. The molecule has 4 aromatic rings. The lowest BCUT2D eigenvalue weighted by Crippen LogP contribution is -2.51. The first-order valence-electron chi connectivity index (χ1n) is 11.8. The van der Waals surface area contributed by atoms with Crippen molar-refractivity contribution in [1.29, 1.82) is 0 Å². The molecule has 3 aromatic heterocycles. The van der Waals surface area contributed by atoms with Gasteiger partial charge in [-0.15, -0.1) is 11.3 Å². The molecule has 10 heteroatoms. The van der Waals surface area contributed by atoms with E-state index in [1.165, 1.54) is 22.2 Å². The molecular formula is C26H27N6O3S+. The maximum absolute atomic E-state index is 13.3. The summed E-state index contributed by atoms with van der Waals surface area (Å²) in [7, 11) is 0. The van der Waals surface area contributed by atoms with E-state index in [-0.39, 0.29) is 23.9 Å². The third-order valence-electron chi connectivity index (χ3n) is 6.37. The van der Waals surface area contributed by atoms with E-state index in [0.717, 1.165) is 11.4 Å². The van der Waals surface area contributed by atoms with Gasteiger partial charge in [0.05, 0.1) is 35.9 Å².